The molecule has 1 saturated heterocycles. The van der Waals surface area contributed by atoms with E-state index in [0.717, 1.165) is 25.9 Å². The van der Waals surface area contributed by atoms with Gasteiger partial charge in [0.25, 0.3) is 5.56 Å². The number of fused-ring (bicyclic) bond motifs is 1. The molecule has 26 heavy (non-hydrogen) atoms. The second-order valence-electron chi connectivity index (χ2n) is 6.41. The van der Waals surface area contributed by atoms with E-state index >= 15 is 0 Å². The van der Waals surface area contributed by atoms with Crippen molar-refractivity contribution in [1.29, 1.82) is 0 Å². The Morgan fingerprint density at radius 3 is 2.81 bits per heavy atom. The van der Waals surface area contributed by atoms with Crippen molar-refractivity contribution in [2.45, 2.75) is 43.1 Å². The number of carbonyl (C=O) groups is 1. The molecule has 1 fully saturated rings. The first-order valence-electron chi connectivity index (χ1n) is 8.77. The van der Waals surface area contributed by atoms with Gasteiger partial charge in [0, 0.05) is 24.7 Å². The fraction of sp³-hybridized carbons (Fsp3) is 0.421. The van der Waals surface area contributed by atoms with E-state index in [9.17, 15) is 9.59 Å². The van der Waals surface area contributed by atoms with Gasteiger partial charge in [-0.15, -0.1) is 6.58 Å². The number of allylic oxidation sites excluding steroid dienone is 1. The topological polar surface area (TPSA) is 55.2 Å². The Morgan fingerprint density at radius 1 is 1.38 bits per heavy atom. The quantitative estimate of drug-likeness (QED) is 0.442. The molecule has 1 aromatic heterocycles. The van der Waals surface area contributed by atoms with Crippen molar-refractivity contribution in [2.24, 2.45) is 0 Å². The standard InChI is InChI=1S/C19H22ClN3O2S/c1-3-9-23-18(25)15-12-14(20)7-8-16(15)21-19(23)26-13(2)17(24)22-10-5-4-6-11-22/h3,7-8,12-13H,1,4-6,9-11H2,2H3/t13-/m0/s1. The van der Waals surface area contributed by atoms with Crippen LogP contribution in [0.3, 0.4) is 0 Å². The molecule has 0 N–H and O–H groups in total. The van der Waals surface area contributed by atoms with Crippen LogP contribution < -0.4 is 5.56 Å². The average molecular weight is 392 g/mol. The lowest BCUT2D eigenvalue weighted by Gasteiger charge is -2.29. The van der Waals surface area contributed by atoms with Crippen molar-refractivity contribution in [3.8, 4) is 0 Å². The molecule has 138 valence electrons. The predicted octanol–water partition coefficient (Wildman–Crippen LogP) is 3.73. The molecule has 3 rings (SSSR count). The molecular weight excluding hydrogens is 370 g/mol. The minimum atomic E-state index is -0.305. The van der Waals surface area contributed by atoms with Gasteiger partial charge in [0.1, 0.15) is 0 Å². The number of piperidine rings is 1. The number of carbonyl (C=O) groups excluding carboxylic acids is 1. The summed E-state index contributed by atoms with van der Waals surface area (Å²) in [7, 11) is 0. The van der Waals surface area contributed by atoms with Crippen molar-refractivity contribution in [3.63, 3.8) is 0 Å². The van der Waals surface area contributed by atoms with Gasteiger partial charge < -0.3 is 4.90 Å². The first kappa shape index (κ1) is 19.0. The second-order valence-corrected chi connectivity index (χ2v) is 8.15. The number of hydrogen-bond donors (Lipinski definition) is 0. The Morgan fingerprint density at radius 2 is 2.12 bits per heavy atom. The molecule has 1 aromatic carbocycles. The zero-order valence-electron chi connectivity index (χ0n) is 14.8. The van der Waals surface area contributed by atoms with Crippen molar-refractivity contribution in [2.75, 3.05) is 13.1 Å². The summed E-state index contributed by atoms with van der Waals surface area (Å²) in [4.78, 5) is 32.1. The number of thioether (sulfide) groups is 1. The number of hydrogen-bond acceptors (Lipinski definition) is 4. The molecule has 0 spiro atoms. The number of benzene rings is 1. The highest BCUT2D eigenvalue weighted by molar-refractivity contribution is 8.00. The zero-order valence-corrected chi connectivity index (χ0v) is 16.4. The van der Waals surface area contributed by atoms with Crippen LogP contribution in [0.15, 0.2) is 40.8 Å². The third-order valence-electron chi connectivity index (χ3n) is 4.49. The molecule has 1 aliphatic rings. The summed E-state index contributed by atoms with van der Waals surface area (Å²) in [6, 6.07) is 5.08. The molecule has 5 nitrogen and oxygen atoms in total. The number of rotatable bonds is 5. The molecule has 2 aromatic rings. The Hall–Kier alpha value is -1.79. The number of likely N-dealkylation sites (tertiary alicyclic amines) is 1. The van der Waals surface area contributed by atoms with Gasteiger partial charge in [-0.25, -0.2) is 4.98 Å². The van der Waals surface area contributed by atoms with Crippen molar-refractivity contribution in [3.05, 3.63) is 46.2 Å². The van der Waals surface area contributed by atoms with Crippen molar-refractivity contribution < 1.29 is 4.79 Å². The lowest BCUT2D eigenvalue weighted by Crippen LogP contribution is -2.40. The van der Waals surface area contributed by atoms with E-state index in [1.807, 2.05) is 11.8 Å². The van der Waals surface area contributed by atoms with E-state index in [1.54, 1.807) is 28.8 Å². The van der Waals surface area contributed by atoms with Crippen LogP contribution in [-0.4, -0.2) is 38.7 Å². The maximum Gasteiger partial charge on any atom is 0.262 e. The first-order chi connectivity index (χ1) is 12.5. The average Bonchev–Trinajstić information content (AvgIpc) is 2.65. The predicted molar refractivity (Wildman–Crippen MR) is 107 cm³/mol. The molecule has 0 unspecified atom stereocenters. The van der Waals surface area contributed by atoms with Crippen LogP contribution in [0.4, 0.5) is 0 Å². The normalized spacial score (nSPS) is 15.8. The van der Waals surface area contributed by atoms with Gasteiger partial charge in [0.05, 0.1) is 16.2 Å². The summed E-state index contributed by atoms with van der Waals surface area (Å²) in [5.74, 6) is 0.102. The molecule has 2 heterocycles. The lowest BCUT2D eigenvalue weighted by molar-refractivity contribution is -0.131. The van der Waals surface area contributed by atoms with Crippen LogP contribution in [0.25, 0.3) is 10.9 Å². The third kappa shape index (κ3) is 3.96. The molecule has 7 heteroatoms. The van der Waals surface area contributed by atoms with Crippen LogP contribution in [-0.2, 0) is 11.3 Å². The van der Waals surface area contributed by atoms with Crippen LogP contribution in [0.1, 0.15) is 26.2 Å². The highest BCUT2D eigenvalue weighted by atomic mass is 35.5. The van der Waals surface area contributed by atoms with E-state index in [2.05, 4.69) is 11.6 Å². The number of amides is 1. The molecule has 1 aliphatic heterocycles. The molecule has 1 amide bonds. The van der Waals surface area contributed by atoms with E-state index in [-0.39, 0.29) is 16.7 Å². The van der Waals surface area contributed by atoms with Gasteiger partial charge in [-0.3, -0.25) is 14.2 Å². The Bertz CT molecular complexity index is 890. The van der Waals surface area contributed by atoms with E-state index in [0.29, 0.717) is 27.6 Å². The fourth-order valence-electron chi connectivity index (χ4n) is 3.13. The maximum atomic E-state index is 12.9. The van der Waals surface area contributed by atoms with Crippen LogP contribution in [0.5, 0.6) is 0 Å². The Kier molecular flexibility index (Phi) is 6.04. The molecule has 0 aliphatic carbocycles. The van der Waals surface area contributed by atoms with Crippen LogP contribution in [0, 0.1) is 0 Å². The van der Waals surface area contributed by atoms with E-state index < -0.39 is 0 Å². The minimum absolute atomic E-state index is 0.102. The van der Waals surface area contributed by atoms with Crippen LogP contribution in [0.2, 0.25) is 5.02 Å². The highest BCUT2D eigenvalue weighted by Gasteiger charge is 2.25. The monoisotopic (exact) mass is 391 g/mol. The van der Waals surface area contributed by atoms with E-state index in [1.165, 1.54) is 18.2 Å². The fourth-order valence-corrected chi connectivity index (χ4v) is 4.31. The maximum absolute atomic E-state index is 12.9. The van der Waals surface area contributed by atoms with Crippen molar-refractivity contribution >= 4 is 40.2 Å². The van der Waals surface area contributed by atoms with Gasteiger partial charge in [0.15, 0.2) is 5.16 Å². The summed E-state index contributed by atoms with van der Waals surface area (Å²) in [5, 5.41) is 1.19. The smallest absolute Gasteiger partial charge is 0.262 e. The lowest BCUT2D eigenvalue weighted by atomic mass is 10.1. The van der Waals surface area contributed by atoms with Crippen molar-refractivity contribution in [1.82, 2.24) is 14.5 Å². The van der Waals surface area contributed by atoms with Gasteiger partial charge in [-0.1, -0.05) is 29.4 Å². The largest absolute Gasteiger partial charge is 0.342 e. The van der Waals surface area contributed by atoms with E-state index in [4.69, 9.17) is 11.6 Å². The summed E-state index contributed by atoms with van der Waals surface area (Å²) >= 11 is 7.35. The summed E-state index contributed by atoms with van der Waals surface area (Å²) in [6.45, 7) is 7.56. The summed E-state index contributed by atoms with van der Waals surface area (Å²) in [6.07, 6.45) is 4.94. The van der Waals surface area contributed by atoms with Gasteiger partial charge in [-0.05, 0) is 44.4 Å². The summed E-state index contributed by atoms with van der Waals surface area (Å²) < 4.78 is 1.55. The second kappa shape index (κ2) is 8.27. The molecule has 0 bridgehead atoms. The minimum Gasteiger partial charge on any atom is -0.342 e. The Balaban J connectivity index is 1.94. The third-order valence-corrected chi connectivity index (χ3v) is 5.80. The molecule has 0 radical (unpaired) electrons. The van der Waals surface area contributed by atoms with Gasteiger partial charge >= 0.3 is 0 Å². The number of nitrogens with zero attached hydrogens (tertiary/aromatic N) is 3. The zero-order chi connectivity index (χ0) is 18.7. The van der Waals surface area contributed by atoms with Crippen LogP contribution >= 0.6 is 23.4 Å². The first-order valence-corrected chi connectivity index (χ1v) is 10.0. The summed E-state index contributed by atoms with van der Waals surface area (Å²) in [5.41, 5.74) is 0.414. The Labute approximate surface area is 162 Å². The van der Waals surface area contributed by atoms with Gasteiger partial charge in [0.2, 0.25) is 5.91 Å². The molecular formula is C19H22ClN3O2S. The van der Waals surface area contributed by atoms with Gasteiger partial charge in [-0.2, -0.15) is 0 Å². The highest BCUT2D eigenvalue weighted by Crippen LogP contribution is 2.25. The molecule has 1 atom stereocenters. The number of aromatic nitrogens is 2. The number of halogens is 1. The SMILES string of the molecule is C=CCn1c(S[C@@H](C)C(=O)N2CCCCC2)nc2ccc(Cl)cc2c1=O. The molecule has 0 saturated carbocycles.